The molecule has 0 aromatic heterocycles. The van der Waals surface area contributed by atoms with Crippen LogP contribution in [0.1, 0.15) is 25.3 Å². The average molecular weight is 490 g/mol. The Kier molecular flexibility index (Phi) is 8.75. The van der Waals surface area contributed by atoms with Crippen molar-refractivity contribution in [2.45, 2.75) is 25.2 Å². The van der Waals surface area contributed by atoms with Gasteiger partial charge in [-0.3, -0.25) is 9.89 Å². The zero-order valence-corrected chi connectivity index (χ0v) is 18.7. The Bertz CT molecular complexity index is 618. The van der Waals surface area contributed by atoms with Gasteiger partial charge in [-0.25, -0.2) is 4.39 Å². The summed E-state index contributed by atoms with van der Waals surface area (Å²) >= 11 is 0. The van der Waals surface area contributed by atoms with E-state index in [4.69, 9.17) is 4.74 Å². The normalized spacial score (nSPS) is 20.5. The molecule has 7 heteroatoms. The number of nitrogens with one attached hydrogen (secondary N) is 2. The molecule has 0 amide bonds. The summed E-state index contributed by atoms with van der Waals surface area (Å²) in [6.07, 6.45) is 2.18. The van der Waals surface area contributed by atoms with Crippen LogP contribution in [-0.2, 0) is 10.2 Å². The van der Waals surface area contributed by atoms with E-state index in [1.54, 1.807) is 19.2 Å². The molecule has 1 saturated carbocycles. The van der Waals surface area contributed by atoms with Crippen molar-refractivity contribution in [3.05, 3.63) is 35.6 Å². The molecule has 0 radical (unpaired) electrons. The highest BCUT2D eigenvalue weighted by Crippen LogP contribution is 2.47. The van der Waals surface area contributed by atoms with Crippen LogP contribution in [0.5, 0.6) is 0 Å². The highest BCUT2D eigenvalue weighted by atomic mass is 127. The van der Waals surface area contributed by atoms with Gasteiger partial charge in [0.1, 0.15) is 5.82 Å². The van der Waals surface area contributed by atoms with Crippen molar-refractivity contribution in [1.29, 1.82) is 0 Å². The van der Waals surface area contributed by atoms with Crippen LogP contribution in [0.4, 0.5) is 4.39 Å². The van der Waals surface area contributed by atoms with Crippen molar-refractivity contribution >= 4 is 29.9 Å². The molecular weight excluding hydrogens is 458 g/mol. The van der Waals surface area contributed by atoms with Crippen LogP contribution in [0.3, 0.4) is 0 Å². The van der Waals surface area contributed by atoms with Gasteiger partial charge in [-0.15, -0.1) is 24.0 Å². The van der Waals surface area contributed by atoms with Gasteiger partial charge in [0.2, 0.25) is 0 Å². The largest absolute Gasteiger partial charge is 0.379 e. The van der Waals surface area contributed by atoms with Crippen molar-refractivity contribution in [2.24, 2.45) is 10.9 Å². The molecule has 27 heavy (non-hydrogen) atoms. The summed E-state index contributed by atoms with van der Waals surface area (Å²) in [6.45, 7) is 8.71. The second-order valence-electron chi connectivity index (χ2n) is 7.62. The molecule has 152 valence electrons. The van der Waals surface area contributed by atoms with Gasteiger partial charge in [0, 0.05) is 45.2 Å². The van der Waals surface area contributed by atoms with Crippen LogP contribution in [0.25, 0.3) is 0 Å². The fraction of sp³-hybridized carbons (Fsp3) is 0.650. The summed E-state index contributed by atoms with van der Waals surface area (Å²) in [5.41, 5.74) is 1.14. The molecule has 1 aromatic rings. The molecule has 1 aliphatic heterocycles. The third-order valence-corrected chi connectivity index (χ3v) is 5.40. The van der Waals surface area contributed by atoms with Crippen LogP contribution in [0.15, 0.2) is 29.3 Å². The second kappa shape index (κ2) is 10.6. The fourth-order valence-electron chi connectivity index (χ4n) is 3.57. The summed E-state index contributed by atoms with van der Waals surface area (Å²) < 4.78 is 18.9. The minimum absolute atomic E-state index is 0. The number of benzene rings is 1. The lowest BCUT2D eigenvalue weighted by atomic mass is 9.96. The number of hydrogen-bond acceptors (Lipinski definition) is 3. The summed E-state index contributed by atoms with van der Waals surface area (Å²) in [4.78, 5) is 6.79. The molecule has 1 saturated heterocycles. The molecule has 5 nitrogen and oxygen atoms in total. The number of hydrogen-bond donors (Lipinski definition) is 2. The lowest BCUT2D eigenvalue weighted by Gasteiger charge is -2.29. The lowest BCUT2D eigenvalue weighted by molar-refractivity contribution is 0.0320. The van der Waals surface area contributed by atoms with E-state index >= 15 is 0 Å². The molecule has 1 aliphatic carbocycles. The maximum absolute atomic E-state index is 13.5. The van der Waals surface area contributed by atoms with Gasteiger partial charge < -0.3 is 15.4 Å². The molecule has 2 fully saturated rings. The van der Waals surface area contributed by atoms with E-state index < -0.39 is 0 Å². The maximum Gasteiger partial charge on any atom is 0.191 e. The number of ether oxygens (including phenoxy) is 1. The maximum atomic E-state index is 13.5. The van der Waals surface area contributed by atoms with Gasteiger partial charge in [0.05, 0.1) is 13.2 Å². The first kappa shape index (κ1) is 22.4. The Hall–Kier alpha value is -0.930. The van der Waals surface area contributed by atoms with E-state index in [0.717, 1.165) is 70.3 Å². The monoisotopic (exact) mass is 490 g/mol. The third-order valence-electron chi connectivity index (χ3n) is 5.40. The Morgan fingerprint density at radius 1 is 1.30 bits per heavy atom. The van der Waals surface area contributed by atoms with Crippen molar-refractivity contribution in [1.82, 2.24) is 15.5 Å². The quantitative estimate of drug-likeness (QED) is 0.351. The highest BCUT2D eigenvalue weighted by molar-refractivity contribution is 14.0. The summed E-state index contributed by atoms with van der Waals surface area (Å²) in [7, 11) is 1.80. The molecule has 1 unspecified atom stereocenters. The number of nitrogens with zero attached hydrogens (tertiary/aromatic N) is 2. The van der Waals surface area contributed by atoms with Crippen LogP contribution in [0.2, 0.25) is 0 Å². The van der Waals surface area contributed by atoms with E-state index in [-0.39, 0.29) is 35.2 Å². The molecule has 3 rings (SSSR count). The SMILES string of the molecule is CN=C(NCC(C)CN1CCOCC1)NCC1(c2cccc(F)c2)CC1.I. The standard InChI is InChI=1S/C20H31FN4O.HI/c1-16(14-25-8-10-26-11-9-25)13-23-19(22-2)24-15-20(6-7-20)17-4-3-5-18(21)12-17;/h3-5,12,16H,6-11,13-15H2,1-2H3,(H2,22,23,24);1H. The van der Waals surface area contributed by atoms with Crippen LogP contribution >= 0.6 is 24.0 Å². The van der Waals surface area contributed by atoms with Crippen molar-refractivity contribution in [2.75, 3.05) is 53.0 Å². The summed E-state index contributed by atoms with van der Waals surface area (Å²) in [5, 5.41) is 6.86. The predicted octanol–water partition coefficient (Wildman–Crippen LogP) is 2.61. The number of rotatable bonds is 7. The molecular formula is C20H32FIN4O. The van der Waals surface area contributed by atoms with Gasteiger partial charge in [-0.2, -0.15) is 0 Å². The first-order valence-electron chi connectivity index (χ1n) is 9.62. The van der Waals surface area contributed by atoms with Crippen molar-refractivity contribution in [3.8, 4) is 0 Å². The Morgan fingerprint density at radius 2 is 2.04 bits per heavy atom. The van der Waals surface area contributed by atoms with Crippen molar-refractivity contribution < 1.29 is 9.13 Å². The van der Waals surface area contributed by atoms with Gasteiger partial charge in [-0.05, 0) is 36.5 Å². The fourth-order valence-corrected chi connectivity index (χ4v) is 3.57. The molecule has 1 heterocycles. The molecule has 1 atom stereocenters. The zero-order valence-electron chi connectivity index (χ0n) is 16.3. The minimum Gasteiger partial charge on any atom is -0.379 e. The first-order chi connectivity index (χ1) is 12.6. The van der Waals surface area contributed by atoms with Crippen LogP contribution in [0, 0.1) is 11.7 Å². The first-order valence-corrected chi connectivity index (χ1v) is 9.62. The van der Waals surface area contributed by atoms with E-state index in [0.29, 0.717) is 5.92 Å². The highest BCUT2D eigenvalue weighted by Gasteiger charge is 2.44. The lowest BCUT2D eigenvalue weighted by Crippen LogP contribution is -2.45. The van der Waals surface area contributed by atoms with Gasteiger partial charge in [0.25, 0.3) is 0 Å². The van der Waals surface area contributed by atoms with Gasteiger partial charge in [-0.1, -0.05) is 19.1 Å². The number of aliphatic imine (C=N–C) groups is 1. The third kappa shape index (κ3) is 6.57. The van der Waals surface area contributed by atoms with E-state index in [1.165, 1.54) is 6.07 Å². The molecule has 1 aromatic carbocycles. The van der Waals surface area contributed by atoms with Crippen LogP contribution < -0.4 is 10.6 Å². The number of morpholine rings is 1. The van der Waals surface area contributed by atoms with E-state index in [9.17, 15) is 4.39 Å². The average Bonchev–Trinajstić information content (AvgIpc) is 3.44. The van der Waals surface area contributed by atoms with Crippen molar-refractivity contribution in [3.63, 3.8) is 0 Å². The zero-order chi connectivity index (χ0) is 18.4. The molecule has 2 N–H and O–H groups in total. The van der Waals surface area contributed by atoms with E-state index in [1.807, 2.05) is 6.07 Å². The smallest absolute Gasteiger partial charge is 0.191 e. The minimum atomic E-state index is -0.159. The number of guanidine groups is 1. The second-order valence-corrected chi connectivity index (χ2v) is 7.62. The van der Waals surface area contributed by atoms with Gasteiger partial charge in [0.15, 0.2) is 5.96 Å². The Balaban J connectivity index is 0.00000261. The molecule has 0 bridgehead atoms. The summed E-state index contributed by atoms with van der Waals surface area (Å²) in [6, 6.07) is 6.99. The Morgan fingerprint density at radius 3 is 2.67 bits per heavy atom. The predicted molar refractivity (Wildman–Crippen MR) is 119 cm³/mol. The molecule has 2 aliphatic rings. The topological polar surface area (TPSA) is 48.9 Å². The van der Waals surface area contributed by atoms with Gasteiger partial charge >= 0.3 is 0 Å². The Labute approximate surface area is 179 Å². The van der Waals surface area contributed by atoms with E-state index in [2.05, 4.69) is 27.4 Å². The summed E-state index contributed by atoms with van der Waals surface area (Å²) in [5.74, 6) is 1.19. The molecule has 0 spiro atoms. The number of halogens is 2. The van der Waals surface area contributed by atoms with Crippen LogP contribution in [-0.4, -0.2) is 63.8 Å².